The minimum Gasteiger partial charge on any atom is -0.370 e. The molecule has 0 aromatic carbocycles. The van der Waals surface area contributed by atoms with E-state index in [9.17, 15) is 8.42 Å². The molecular formula is C6H13N3O2S. The summed E-state index contributed by atoms with van der Waals surface area (Å²) in [4.78, 5) is 3.78. The Bertz CT molecular complexity index is 279. The fourth-order valence-electron chi connectivity index (χ4n) is 1.25. The lowest BCUT2D eigenvalue weighted by atomic mass is 10.1. The van der Waals surface area contributed by atoms with Gasteiger partial charge in [0.2, 0.25) is 0 Å². The third-order valence-electron chi connectivity index (χ3n) is 1.86. The fraction of sp³-hybridized carbons (Fsp3) is 0.833. The summed E-state index contributed by atoms with van der Waals surface area (Å²) in [6.45, 7) is 0.432. The number of nitrogens with two attached hydrogens (primary N) is 2. The molecule has 0 aromatic heterocycles. The van der Waals surface area contributed by atoms with Crippen LogP contribution in [-0.2, 0) is 9.84 Å². The molecule has 1 atom stereocenters. The average Bonchev–Trinajstić information content (AvgIpc) is 2.26. The third-order valence-corrected chi connectivity index (χ3v) is 3.70. The van der Waals surface area contributed by atoms with Gasteiger partial charge in [-0.2, -0.15) is 0 Å². The second-order valence-electron chi connectivity index (χ2n) is 3.03. The van der Waals surface area contributed by atoms with Gasteiger partial charge in [0.05, 0.1) is 11.5 Å². The van der Waals surface area contributed by atoms with Crippen LogP contribution in [0.5, 0.6) is 0 Å². The van der Waals surface area contributed by atoms with Crippen molar-refractivity contribution < 1.29 is 8.42 Å². The molecule has 0 saturated carbocycles. The molecule has 12 heavy (non-hydrogen) atoms. The van der Waals surface area contributed by atoms with Crippen molar-refractivity contribution in [2.24, 2.45) is 22.4 Å². The van der Waals surface area contributed by atoms with E-state index in [4.69, 9.17) is 11.5 Å². The SMILES string of the molecule is NC(N)=NCC1CCS(=O)(=O)C1. The highest BCUT2D eigenvalue weighted by Gasteiger charge is 2.27. The van der Waals surface area contributed by atoms with Crippen LogP contribution in [0.2, 0.25) is 0 Å². The van der Waals surface area contributed by atoms with Crippen molar-refractivity contribution in [3.8, 4) is 0 Å². The Labute approximate surface area is 71.8 Å². The van der Waals surface area contributed by atoms with Crippen LogP contribution < -0.4 is 11.5 Å². The Morgan fingerprint density at radius 2 is 2.17 bits per heavy atom. The number of nitrogens with zero attached hydrogens (tertiary/aromatic N) is 1. The predicted molar refractivity (Wildman–Crippen MR) is 47.4 cm³/mol. The van der Waals surface area contributed by atoms with Gasteiger partial charge in [-0.05, 0) is 12.3 Å². The summed E-state index contributed by atoms with van der Waals surface area (Å²) >= 11 is 0. The minimum absolute atomic E-state index is 0.0271. The van der Waals surface area contributed by atoms with E-state index >= 15 is 0 Å². The normalized spacial score (nSPS) is 26.8. The molecule has 0 aliphatic carbocycles. The molecule has 0 bridgehead atoms. The molecule has 1 aliphatic rings. The van der Waals surface area contributed by atoms with Crippen LogP contribution in [0.3, 0.4) is 0 Å². The highest BCUT2D eigenvalue weighted by molar-refractivity contribution is 7.91. The summed E-state index contributed by atoms with van der Waals surface area (Å²) in [6, 6.07) is 0. The number of sulfone groups is 1. The Hall–Kier alpha value is -0.780. The van der Waals surface area contributed by atoms with Crippen molar-refractivity contribution in [2.45, 2.75) is 6.42 Å². The van der Waals surface area contributed by atoms with Crippen molar-refractivity contribution in [2.75, 3.05) is 18.1 Å². The zero-order valence-corrected chi connectivity index (χ0v) is 7.55. The Kier molecular flexibility index (Phi) is 2.56. The lowest BCUT2D eigenvalue weighted by Gasteiger charge is -2.01. The van der Waals surface area contributed by atoms with Gasteiger partial charge in [0.25, 0.3) is 0 Å². The maximum Gasteiger partial charge on any atom is 0.185 e. The number of hydrogen-bond acceptors (Lipinski definition) is 3. The second-order valence-corrected chi connectivity index (χ2v) is 5.26. The van der Waals surface area contributed by atoms with Crippen LogP contribution in [0.15, 0.2) is 4.99 Å². The molecule has 4 N–H and O–H groups in total. The standard InChI is InChI=1S/C6H13N3O2S/c7-6(8)9-3-5-1-2-12(10,11)4-5/h5H,1-4H2,(H4,7,8,9). The molecule has 70 valence electrons. The summed E-state index contributed by atoms with van der Waals surface area (Å²) in [7, 11) is -2.79. The molecule has 6 heteroatoms. The van der Waals surface area contributed by atoms with E-state index in [2.05, 4.69) is 4.99 Å². The number of rotatable bonds is 2. The second kappa shape index (κ2) is 3.30. The largest absolute Gasteiger partial charge is 0.370 e. The van der Waals surface area contributed by atoms with Crippen molar-refractivity contribution in [1.82, 2.24) is 0 Å². The van der Waals surface area contributed by atoms with Crippen LogP contribution >= 0.6 is 0 Å². The van der Waals surface area contributed by atoms with Crippen LogP contribution in [0.25, 0.3) is 0 Å². The van der Waals surface area contributed by atoms with Gasteiger partial charge in [-0.25, -0.2) is 8.42 Å². The zero-order chi connectivity index (χ0) is 9.19. The Balaban J connectivity index is 2.44. The molecule has 1 heterocycles. The molecular weight excluding hydrogens is 178 g/mol. The van der Waals surface area contributed by atoms with Gasteiger partial charge in [0.1, 0.15) is 0 Å². The predicted octanol–water partition coefficient (Wildman–Crippen LogP) is -1.31. The van der Waals surface area contributed by atoms with E-state index in [0.29, 0.717) is 13.0 Å². The van der Waals surface area contributed by atoms with E-state index in [0.717, 1.165) is 0 Å². The van der Waals surface area contributed by atoms with Gasteiger partial charge in [0.15, 0.2) is 15.8 Å². The lowest BCUT2D eigenvalue weighted by Crippen LogP contribution is -2.24. The van der Waals surface area contributed by atoms with Gasteiger partial charge in [-0.15, -0.1) is 0 Å². The first-order chi connectivity index (χ1) is 5.49. The van der Waals surface area contributed by atoms with E-state index in [1.807, 2.05) is 0 Å². The van der Waals surface area contributed by atoms with Gasteiger partial charge in [-0.3, -0.25) is 4.99 Å². The smallest absolute Gasteiger partial charge is 0.185 e. The molecule has 0 aromatic rings. The molecule has 1 unspecified atom stereocenters. The van der Waals surface area contributed by atoms with Gasteiger partial charge >= 0.3 is 0 Å². The lowest BCUT2D eigenvalue weighted by molar-refractivity contribution is 0.591. The first kappa shape index (κ1) is 9.31. The molecule has 0 radical (unpaired) electrons. The summed E-state index contributed by atoms with van der Waals surface area (Å²) in [6.07, 6.45) is 0.680. The van der Waals surface area contributed by atoms with E-state index in [1.54, 1.807) is 0 Å². The Morgan fingerprint density at radius 3 is 2.58 bits per heavy atom. The average molecular weight is 191 g/mol. The molecule has 1 saturated heterocycles. The molecule has 1 rings (SSSR count). The van der Waals surface area contributed by atoms with Gasteiger partial charge < -0.3 is 11.5 Å². The first-order valence-corrected chi connectivity index (χ1v) is 5.57. The molecule has 0 amide bonds. The van der Waals surface area contributed by atoms with Crippen LogP contribution in [0, 0.1) is 5.92 Å². The maximum absolute atomic E-state index is 11.0. The number of aliphatic imine (C=N–C) groups is 1. The fourth-order valence-corrected chi connectivity index (χ4v) is 3.10. The molecule has 0 spiro atoms. The summed E-state index contributed by atoms with van der Waals surface area (Å²) in [5.74, 6) is 0.637. The molecule has 1 fully saturated rings. The van der Waals surface area contributed by atoms with Gasteiger partial charge in [-0.1, -0.05) is 0 Å². The zero-order valence-electron chi connectivity index (χ0n) is 6.73. The maximum atomic E-state index is 11.0. The molecule has 5 nitrogen and oxygen atoms in total. The van der Waals surface area contributed by atoms with Gasteiger partial charge in [0, 0.05) is 6.54 Å². The van der Waals surface area contributed by atoms with Crippen LogP contribution in [0.1, 0.15) is 6.42 Å². The summed E-state index contributed by atoms with van der Waals surface area (Å²) in [5.41, 5.74) is 10.2. The van der Waals surface area contributed by atoms with E-state index < -0.39 is 9.84 Å². The van der Waals surface area contributed by atoms with Crippen molar-refractivity contribution in [1.29, 1.82) is 0 Å². The topological polar surface area (TPSA) is 98.5 Å². The first-order valence-electron chi connectivity index (χ1n) is 3.75. The number of hydrogen-bond donors (Lipinski definition) is 2. The summed E-state index contributed by atoms with van der Waals surface area (Å²) in [5, 5.41) is 0. The van der Waals surface area contributed by atoms with E-state index in [-0.39, 0.29) is 23.4 Å². The summed E-state index contributed by atoms with van der Waals surface area (Å²) < 4.78 is 21.9. The van der Waals surface area contributed by atoms with Crippen LogP contribution in [0.4, 0.5) is 0 Å². The van der Waals surface area contributed by atoms with Crippen molar-refractivity contribution in [3.63, 3.8) is 0 Å². The highest BCUT2D eigenvalue weighted by atomic mass is 32.2. The van der Waals surface area contributed by atoms with Crippen LogP contribution in [-0.4, -0.2) is 32.4 Å². The number of guanidine groups is 1. The third kappa shape index (κ3) is 2.69. The Morgan fingerprint density at radius 1 is 1.50 bits per heavy atom. The van der Waals surface area contributed by atoms with E-state index in [1.165, 1.54) is 0 Å². The molecule has 1 aliphatic heterocycles. The quantitative estimate of drug-likeness (QED) is 0.418. The highest BCUT2D eigenvalue weighted by Crippen LogP contribution is 2.18. The van der Waals surface area contributed by atoms with Crippen molar-refractivity contribution >= 4 is 15.8 Å². The van der Waals surface area contributed by atoms with Crippen molar-refractivity contribution in [3.05, 3.63) is 0 Å². The minimum atomic E-state index is -2.79. The monoisotopic (exact) mass is 191 g/mol.